The molecule has 1 aliphatic heterocycles. The van der Waals surface area contributed by atoms with Gasteiger partial charge in [0.15, 0.2) is 0 Å². The first kappa shape index (κ1) is 16.7. The average molecular weight is 346 g/mol. The molecule has 0 aromatic carbocycles. The van der Waals surface area contributed by atoms with Gasteiger partial charge in [-0.15, -0.1) is 11.3 Å². The van der Waals surface area contributed by atoms with E-state index < -0.39 is 5.97 Å². The van der Waals surface area contributed by atoms with Crippen LogP contribution < -0.4 is 16.0 Å². The summed E-state index contributed by atoms with van der Waals surface area (Å²) in [5.74, 6) is 0.120. The van der Waals surface area contributed by atoms with Crippen molar-refractivity contribution in [2.45, 2.75) is 31.8 Å². The lowest BCUT2D eigenvalue weighted by Crippen LogP contribution is -2.48. The van der Waals surface area contributed by atoms with Crippen LogP contribution in [0.2, 0.25) is 0 Å². The van der Waals surface area contributed by atoms with Crippen molar-refractivity contribution in [1.29, 1.82) is 0 Å². The molecule has 4 N–H and O–H groups in total. The molecule has 2 aromatic heterocycles. The summed E-state index contributed by atoms with van der Waals surface area (Å²) in [6.45, 7) is 3.88. The highest BCUT2D eigenvalue weighted by atomic mass is 32.1. The molecule has 0 spiro atoms. The lowest BCUT2D eigenvalue weighted by molar-refractivity contribution is -0.136. The van der Waals surface area contributed by atoms with E-state index in [0.29, 0.717) is 6.04 Å². The molecule has 0 bridgehead atoms. The minimum atomic E-state index is -0.782. The van der Waals surface area contributed by atoms with Crippen LogP contribution in [0.1, 0.15) is 17.4 Å². The molecule has 7 heteroatoms. The molecule has 0 saturated heterocycles. The van der Waals surface area contributed by atoms with Gasteiger partial charge in [-0.05, 0) is 42.5 Å². The third kappa shape index (κ3) is 4.24. The number of rotatable bonds is 7. The quantitative estimate of drug-likeness (QED) is 0.615. The van der Waals surface area contributed by atoms with Crippen molar-refractivity contribution in [3.05, 3.63) is 40.2 Å². The minimum Gasteiger partial charge on any atom is -0.481 e. The number of aromatic nitrogens is 1. The maximum Gasteiger partial charge on any atom is 0.307 e. The fourth-order valence-electron chi connectivity index (χ4n) is 2.80. The van der Waals surface area contributed by atoms with Gasteiger partial charge >= 0.3 is 5.97 Å². The number of anilines is 2. The third-order valence-corrected chi connectivity index (χ3v) is 5.19. The van der Waals surface area contributed by atoms with E-state index in [1.807, 2.05) is 23.6 Å². The molecule has 0 aliphatic carbocycles. The van der Waals surface area contributed by atoms with Gasteiger partial charge in [0.25, 0.3) is 0 Å². The first-order valence-electron chi connectivity index (χ1n) is 8.08. The SMILES string of the molecule is C[C@@H](NCCc1cc(CC(=O)O)cs1)[C@H]1CNc2cccnc2N1. The summed E-state index contributed by atoms with van der Waals surface area (Å²) in [7, 11) is 0. The molecule has 0 amide bonds. The van der Waals surface area contributed by atoms with Gasteiger partial charge < -0.3 is 21.1 Å². The Hall–Kier alpha value is -2.12. The largest absolute Gasteiger partial charge is 0.481 e. The molecule has 128 valence electrons. The zero-order valence-electron chi connectivity index (χ0n) is 13.6. The van der Waals surface area contributed by atoms with Crippen LogP contribution in [0.4, 0.5) is 11.5 Å². The maximum absolute atomic E-state index is 10.7. The number of nitrogens with zero attached hydrogens (tertiary/aromatic N) is 1. The Morgan fingerprint density at radius 3 is 3.29 bits per heavy atom. The van der Waals surface area contributed by atoms with E-state index in [1.165, 1.54) is 4.88 Å². The summed E-state index contributed by atoms with van der Waals surface area (Å²) in [4.78, 5) is 16.3. The number of hydrogen-bond donors (Lipinski definition) is 4. The fourth-order valence-corrected chi connectivity index (χ4v) is 3.69. The topological polar surface area (TPSA) is 86.3 Å². The van der Waals surface area contributed by atoms with Crippen molar-refractivity contribution in [3.63, 3.8) is 0 Å². The van der Waals surface area contributed by atoms with E-state index in [4.69, 9.17) is 5.11 Å². The maximum atomic E-state index is 10.7. The van der Waals surface area contributed by atoms with E-state index in [2.05, 4.69) is 27.9 Å². The lowest BCUT2D eigenvalue weighted by atomic mass is 10.1. The molecule has 1 aliphatic rings. The number of hydrogen-bond acceptors (Lipinski definition) is 6. The van der Waals surface area contributed by atoms with Crippen LogP contribution in [0.15, 0.2) is 29.8 Å². The predicted molar refractivity (Wildman–Crippen MR) is 97.0 cm³/mol. The number of pyridine rings is 1. The van der Waals surface area contributed by atoms with E-state index in [9.17, 15) is 4.79 Å². The Morgan fingerprint density at radius 2 is 2.46 bits per heavy atom. The van der Waals surface area contributed by atoms with Crippen molar-refractivity contribution in [1.82, 2.24) is 10.3 Å². The Kier molecular flexibility index (Phi) is 5.32. The summed E-state index contributed by atoms with van der Waals surface area (Å²) in [6, 6.07) is 6.51. The number of aliphatic carboxylic acids is 1. The summed E-state index contributed by atoms with van der Waals surface area (Å²) in [5, 5.41) is 21.2. The average Bonchev–Trinajstić information content (AvgIpc) is 3.00. The molecular formula is C17H22N4O2S. The van der Waals surface area contributed by atoms with Crippen molar-refractivity contribution in [3.8, 4) is 0 Å². The standard InChI is InChI=1S/C17H22N4O2S/c1-11(15-9-20-14-3-2-5-19-17(14)21-15)18-6-4-13-7-12(10-24-13)8-16(22)23/h2-3,5,7,10-11,15,18,20H,4,6,8-9H2,1H3,(H,19,21)(H,22,23)/t11-,15-/m1/s1. The molecule has 24 heavy (non-hydrogen) atoms. The zero-order valence-corrected chi connectivity index (χ0v) is 14.4. The van der Waals surface area contributed by atoms with Gasteiger partial charge in [-0.3, -0.25) is 4.79 Å². The van der Waals surface area contributed by atoms with Gasteiger partial charge in [-0.2, -0.15) is 0 Å². The smallest absolute Gasteiger partial charge is 0.307 e. The van der Waals surface area contributed by atoms with Crippen LogP contribution in [0.5, 0.6) is 0 Å². The van der Waals surface area contributed by atoms with Gasteiger partial charge in [-0.25, -0.2) is 4.98 Å². The molecule has 2 atom stereocenters. The van der Waals surface area contributed by atoms with Crippen molar-refractivity contribution >= 4 is 28.8 Å². The van der Waals surface area contributed by atoms with Gasteiger partial charge in [0.2, 0.25) is 0 Å². The lowest BCUT2D eigenvalue weighted by Gasteiger charge is -2.32. The highest BCUT2D eigenvalue weighted by Gasteiger charge is 2.22. The number of fused-ring (bicyclic) bond motifs is 1. The van der Waals surface area contributed by atoms with Gasteiger partial charge in [0, 0.05) is 30.2 Å². The predicted octanol–water partition coefficient (Wildman–Crippen LogP) is 2.20. The molecule has 0 saturated carbocycles. The first-order chi connectivity index (χ1) is 11.6. The molecule has 3 rings (SSSR count). The zero-order chi connectivity index (χ0) is 16.9. The molecule has 6 nitrogen and oxygen atoms in total. The van der Waals surface area contributed by atoms with Gasteiger partial charge in [0.05, 0.1) is 18.2 Å². The van der Waals surface area contributed by atoms with Crippen LogP contribution in [0.25, 0.3) is 0 Å². The summed E-state index contributed by atoms with van der Waals surface area (Å²) < 4.78 is 0. The van der Waals surface area contributed by atoms with Crippen LogP contribution in [-0.4, -0.2) is 41.2 Å². The second-order valence-electron chi connectivity index (χ2n) is 6.02. The molecule has 3 heterocycles. The van der Waals surface area contributed by atoms with Gasteiger partial charge in [0.1, 0.15) is 5.82 Å². The van der Waals surface area contributed by atoms with E-state index in [-0.39, 0.29) is 12.5 Å². The molecule has 0 unspecified atom stereocenters. The number of carbonyl (C=O) groups is 1. The monoisotopic (exact) mass is 346 g/mol. The van der Waals surface area contributed by atoms with Crippen LogP contribution in [0.3, 0.4) is 0 Å². The Bertz CT molecular complexity index is 703. The molecule has 0 radical (unpaired) electrons. The third-order valence-electron chi connectivity index (χ3n) is 4.15. The highest BCUT2D eigenvalue weighted by Crippen LogP contribution is 2.23. The van der Waals surface area contributed by atoms with Crippen molar-refractivity contribution in [2.75, 3.05) is 23.7 Å². The number of carboxylic acid groups (broad SMARTS) is 1. The first-order valence-corrected chi connectivity index (χ1v) is 8.96. The molecule has 2 aromatic rings. The Balaban J connectivity index is 1.45. The van der Waals surface area contributed by atoms with Crippen molar-refractivity contribution < 1.29 is 9.90 Å². The van der Waals surface area contributed by atoms with E-state index >= 15 is 0 Å². The van der Waals surface area contributed by atoms with Crippen molar-refractivity contribution in [2.24, 2.45) is 0 Å². The van der Waals surface area contributed by atoms with E-state index in [0.717, 1.165) is 36.6 Å². The Labute approximate surface area is 145 Å². The Morgan fingerprint density at radius 1 is 1.58 bits per heavy atom. The number of thiophene rings is 1. The summed E-state index contributed by atoms with van der Waals surface area (Å²) >= 11 is 1.63. The van der Waals surface area contributed by atoms with Crippen LogP contribution >= 0.6 is 11.3 Å². The van der Waals surface area contributed by atoms with Crippen LogP contribution in [0, 0.1) is 0 Å². The highest BCUT2D eigenvalue weighted by molar-refractivity contribution is 7.10. The molecule has 0 fully saturated rings. The molecular weight excluding hydrogens is 324 g/mol. The normalized spacial score (nSPS) is 17.5. The van der Waals surface area contributed by atoms with E-state index in [1.54, 1.807) is 17.5 Å². The van der Waals surface area contributed by atoms with Gasteiger partial charge in [-0.1, -0.05) is 0 Å². The summed E-state index contributed by atoms with van der Waals surface area (Å²) in [5.41, 5.74) is 1.93. The fraction of sp³-hybridized carbons (Fsp3) is 0.412. The second-order valence-corrected chi connectivity index (χ2v) is 7.01. The number of carboxylic acids is 1. The number of nitrogens with one attached hydrogen (secondary N) is 3. The summed E-state index contributed by atoms with van der Waals surface area (Å²) in [6.07, 6.45) is 2.80. The minimum absolute atomic E-state index is 0.102. The second kappa shape index (κ2) is 7.63. The van der Waals surface area contributed by atoms with Crippen LogP contribution in [-0.2, 0) is 17.6 Å².